The van der Waals surface area contributed by atoms with Crippen molar-refractivity contribution in [2.45, 2.75) is 31.8 Å². The Labute approximate surface area is 99.2 Å². The van der Waals surface area contributed by atoms with Gasteiger partial charge in [0.2, 0.25) is 5.91 Å². The molecule has 0 aliphatic carbocycles. The first-order chi connectivity index (χ1) is 7.92. The lowest BCUT2D eigenvalue weighted by molar-refractivity contribution is -0.140. The highest BCUT2D eigenvalue weighted by Gasteiger charge is 2.24. The van der Waals surface area contributed by atoms with Gasteiger partial charge in [0.05, 0.1) is 0 Å². The van der Waals surface area contributed by atoms with Crippen molar-refractivity contribution in [1.82, 2.24) is 5.32 Å². The van der Waals surface area contributed by atoms with Gasteiger partial charge in [0.25, 0.3) is 0 Å². The number of amides is 1. The van der Waals surface area contributed by atoms with Crippen molar-refractivity contribution in [3.63, 3.8) is 0 Å². The van der Waals surface area contributed by atoms with Crippen molar-refractivity contribution in [2.24, 2.45) is 5.73 Å². The first-order valence-electron chi connectivity index (χ1n) is 5.07. The van der Waals surface area contributed by atoms with Crippen LogP contribution in [0, 0.1) is 0 Å². The smallest absolute Gasteiger partial charge is 0.331 e. The van der Waals surface area contributed by atoms with E-state index in [0.717, 1.165) is 6.08 Å². The first kappa shape index (κ1) is 15.1. The van der Waals surface area contributed by atoms with Gasteiger partial charge in [0, 0.05) is 11.6 Å². The van der Waals surface area contributed by atoms with Gasteiger partial charge in [-0.05, 0) is 25.8 Å². The van der Waals surface area contributed by atoms with Crippen LogP contribution in [0.4, 0.5) is 0 Å². The Kier molecular flexibility index (Phi) is 6.55. The number of carboxylic acids is 1. The maximum atomic E-state index is 11.0. The highest BCUT2D eigenvalue weighted by Crippen LogP contribution is 2.09. The van der Waals surface area contributed by atoms with Crippen LogP contribution >= 0.6 is 0 Å². The van der Waals surface area contributed by atoms with Gasteiger partial charge < -0.3 is 16.2 Å². The van der Waals surface area contributed by atoms with Gasteiger partial charge in [-0.1, -0.05) is 6.58 Å². The van der Waals surface area contributed by atoms with Crippen molar-refractivity contribution in [2.75, 3.05) is 0 Å². The summed E-state index contributed by atoms with van der Waals surface area (Å²) < 4.78 is 0. The van der Waals surface area contributed by atoms with Crippen molar-refractivity contribution < 1.29 is 19.5 Å². The van der Waals surface area contributed by atoms with Gasteiger partial charge in [-0.15, -0.1) is 0 Å². The molecule has 4 N–H and O–H groups in total. The molecule has 0 aromatic rings. The normalized spacial score (nSPS) is 13.1. The minimum atomic E-state index is -1.38. The summed E-state index contributed by atoms with van der Waals surface area (Å²) in [5.74, 6) is -0.428. The number of nitrogens with two attached hydrogens (primary N) is 1. The van der Waals surface area contributed by atoms with Crippen LogP contribution in [0.25, 0.3) is 0 Å². The topological polar surface area (TPSA) is 109 Å². The molecule has 1 unspecified atom stereocenters. The van der Waals surface area contributed by atoms with Gasteiger partial charge in [0.1, 0.15) is 5.94 Å². The average molecular weight is 240 g/mol. The molecule has 0 spiro atoms. The fourth-order valence-corrected chi connectivity index (χ4v) is 1.14. The summed E-state index contributed by atoms with van der Waals surface area (Å²) in [4.78, 5) is 32.6. The van der Waals surface area contributed by atoms with E-state index in [1.807, 2.05) is 0 Å². The minimum Gasteiger partial charge on any atom is -0.479 e. The number of hydrogen-bond donors (Lipinski definition) is 3. The van der Waals surface area contributed by atoms with Gasteiger partial charge in [-0.2, -0.15) is 0 Å². The van der Waals surface area contributed by atoms with E-state index in [2.05, 4.69) is 11.9 Å². The predicted octanol–water partition coefficient (Wildman–Crippen LogP) is -0.373. The summed E-state index contributed by atoms with van der Waals surface area (Å²) in [6, 6.07) is -1.54. The molecule has 0 bridgehead atoms. The fourth-order valence-electron chi connectivity index (χ4n) is 1.14. The number of carboxylic acid groups (broad SMARTS) is 1. The molecule has 6 nitrogen and oxygen atoms in total. The van der Waals surface area contributed by atoms with Crippen molar-refractivity contribution in [1.29, 1.82) is 0 Å². The maximum Gasteiger partial charge on any atom is 0.331 e. The van der Waals surface area contributed by atoms with Gasteiger partial charge in [-0.25, -0.2) is 9.59 Å². The van der Waals surface area contributed by atoms with Crippen LogP contribution in [0.2, 0.25) is 0 Å². The monoisotopic (exact) mass is 240 g/mol. The van der Waals surface area contributed by atoms with E-state index in [1.165, 1.54) is 0 Å². The summed E-state index contributed by atoms with van der Waals surface area (Å²) in [6.07, 6.45) is 1.55. The third-order valence-corrected chi connectivity index (χ3v) is 2.07. The molecule has 0 aliphatic rings. The Morgan fingerprint density at radius 3 is 2.53 bits per heavy atom. The largest absolute Gasteiger partial charge is 0.479 e. The summed E-state index contributed by atoms with van der Waals surface area (Å²) >= 11 is 0. The molecule has 0 aliphatic heterocycles. The van der Waals surface area contributed by atoms with E-state index in [-0.39, 0.29) is 18.0 Å². The molecule has 17 heavy (non-hydrogen) atoms. The molecule has 0 saturated heterocycles. The van der Waals surface area contributed by atoms with E-state index in [0.29, 0.717) is 6.42 Å². The Bertz CT molecular complexity index is 356. The summed E-state index contributed by atoms with van der Waals surface area (Å²) in [5, 5.41) is 11.0. The summed E-state index contributed by atoms with van der Waals surface area (Å²) in [6.45, 7) is 4.94. The molecule has 0 saturated carbocycles. The fraction of sp³-hybridized carbons (Fsp3) is 0.455. The summed E-state index contributed by atoms with van der Waals surface area (Å²) in [5.41, 5.74) is 5.47. The van der Waals surface area contributed by atoms with Gasteiger partial charge in [-0.3, -0.25) is 4.79 Å². The molecule has 0 fully saturated rings. The minimum absolute atomic E-state index is 0.0370. The Morgan fingerprint density at radius 2 is 2.18 bits per heavy atom. The van der Waals surface area contributed by atoms with Crippen LogP contribution in [-0.4, -0.2) is 35.0 Å². The van der Waals surface area contributed by atoms with Crippen LogP contribution in [-0.2, 0) is 14.4 Å². The van der Waals surface area contributed by atoms with Crippen molar-refractivity contribution >= 4 is 17.8 Å². The number of carbonyl (C=O) groups excluding carboxylic acids is 2. The molecule has 94 valence electrons. The molecule has 0 rings (SSSR count). The number of hydrogen-bond acceptors (Lipinski definition) is 4. The third-order valence-electron chi connectivity index (χ3n) is 2.07. The van der Waals surface area contributed by atoms with E-state index < -0.39 is 17.9 Å². The van der Waals surface area contributed by atoms with Gasteiger partial charge >= 0.3 is 5.97 Å². The van der Waals surface area contributed by atoms with E-state index in [1.54, 1.807) is 12.9 Å². The van der Waals surface area contributed by atoms with Crippen molar-refractivity contribution in [3.05, 3.63) is 18.2 Å². The van der Waals surface area contributed by atoms with Crippen LogP contribution in [0.15, 0.2) is 18.2 Å². The highest BCUT2D eigenvalue weighted by molar-refractivity contribution is 5.93. The lowest BCUT2D eigenvalue weighted by atomic mass is 10.0. The second-order valence-corrected chi connectivity index (χ2v) is 3.63. The lowest BCUT2D eigenvalue weighted by Gasteiger charge is -2.15. The standard InChI is InChI=1S/C11H16N2O4/c1-3-9(15)13-10(11(16)17)8(6-14)5-4-7(2)12/h3,7,10H,1,4-5,12H2,2H3,(H,13,15)(H,16,17)/t7?,10-/m0/s1. The van der Waals surface area contributed by atoms with Crippen LogP contribution in [0.3, 0.4) is 0 Å². The molecule has 6 heteroatoms. The van der Waals surface area contributed by atoms with Crippen molar-refractivity contribution in [3.8, 4) is 0 Å². The Balaban J connectivity index is 4.77. The lowest BCUT2D eigenvalue weighted by Crippen LogP contribution is -2.41. The van der Waals surface area contributed by atoms with E-state index >= 15 is 0 Å². The molecular weight excluding hydrogens is 224 g/mol. The molecule has 0 aromatic carbocycles. The van der Waals surface area contributed by atoms with Crippen LogP contribution < -0.4 is 11.1 Å². The van der Waals surface area contributed by atoms with E-state index in [9.17, 15) is 14.4 Å². The maximum absolute atomic E-state index is 11.0. The molecule has 0 radical (unpaired) electrons. The van der Waals surface area contributed by atoms with Gasteiger partial charge in [0.15, 0.2) is 6.04 Å². The number of rotatable bonds is 7. The van der Waals surface area contributed by atoms with Crippen LogP contribution in [0.1, 0.15) is 19.8 Å². The molecule has 0 heterocycles. The zero-order chi connectivity index (χ0) is 13.4. The number of nitrogens with one attached hydrogen (secondary N) is 1. The van der Waals surface area contributed by atoms with E-state index in [4.69, 9.17) is 10.8 Å². The van der Waals surface area contributed by atoms with Crippen LogP contribution in [0.5, 0.6) is 0 Å². The SMILES string of the molecule is C=CC(=O)N[C@H](C(=O)O)C(=C=O)CCC(C)N. The second-order valence-electron chi connectivity index (χ2n) is 3.63. The third kappa shape index (κ3) is 5.65. The highest BCUT2D eigenvalue weighted by atomic mass is 16.4. The Morgan fingerprint density at radius 1 is 1.59 bits per heavy atom. The Hall–Kier alpha value is -1.91. The average Bonchev–Trinajstić information content (AvgIpc) is 2.27. The number of carbonyl (C=O) groups is 2. The predicted molar refractivity (Wildman–Crippen MR) is 61.9 cm³/mol. The second kappa shape index (κ2) is 7.38. The zero-order valence-corrected chi connectivity index (χ0v) is 9.60. The quantitative estimate of drug-likeness (QED) is 0.415. The zero-order valence-electron chi connectivity index (χ0n) is 9.60. The molecule has 2 atom stereocenters. The molecule has 0 aromatic heterocycles. The summed E-state index contributed by atoms with van der Waals surface area (Å²) in [7, 11) is 0. The molecular formula is C11H16N2O4. The number of aliphatic carboxylic acids is 1. The first-order valence-corrected chi connectivity index (χ1v) is 5.07. The molecule has 1 amide bonds.